The van der Waals surface area contributed by atoms with E-state index < -0.39 is 31.5 Å². The molecular weight excluding hydrogens is 460 g/mol. The highest BCUT2D eigenvalue weighted by atomic mass is 35.5. The summed E-state index contributed by atoms with van der Waals surface area (Å²) in [5.74, 6) is -0.207. The van der Waals surface area contributed by atoms with Crippen LogP contribution in [-0.2, 0) is 14.8 Å². The van der Waals surface area contributed by atoms with E-state index in [1.54, 1.807) is 6.92 Å². The number of sulfonamides is 1. The monoisotopic (exact) mass is 480 g/mol. The zero-order valence-corrected chi connectivity index (χ0v) is 19.0. The van der Waals surface area contributed by atoms with Gasteiger partial charge in [-0.25, -0.2) is 13.2 Å². The lowest BCUT2D eigenvalue weighted by atomic mass is 10.1. The van der Waals surface area contributed by atoms with Crippen molar-refractivity contribution < 1.29 is 27.3 Å². The molecule has 170 valence electrons. The number of hydrogen-bond acceptors (Lipinski definition) is 7. The summed E-state index contributed by atoms with van der Waals surface area (Å²) < 4.78 is 38.9. The molecule has 0 aliphatic heterocycles. The molecule has 1 heterocycles. The maximum absolute atomic E-state index is 12.8. The average molecular weight is 481 g/mol. The van der Waals surface area contributed by atoms with Crippen LogP contribution in [0, 0.1) is 17.0 Å². The predicted octanol–water partition coefficient (Wildman–Crippen LogP) is 5.45. The van der Waals surface area contributed by atoms with Crippen LogP contribution in [0.2, 0.25) is 5.02 Å². The maximum atomic E-state index is 12.8. The van der Waals surface area contributed by atoms with Crippen LogP contribution in [0.25, 0.3) is 11.0 Å². The van der Waals surface area contributed by atoms with Crippen LogP contribution < -0.4 is 4.72 Å². The topological polar surface area (TPSA) is 129 Å². The SMILES string of the molecule is CCCCCOC(=O)c1c(C)oc2ccc(NS(=O)(=O)c3cc([N+](=O)[O-])ccc3Cl)cc12. The molecule has 0 atom stereocenters. The van der Waals surface area contributed by atoms with Gasteiger partial charge in [0.1, 0.15) is 21.8 Å². The Balaban J connectivity index is 1.93. The fraction of sp³-hybridized carbons (Fsp3) is 0.286. The second-order valence-corrected chi connectivity index (χ2v) is 9.12. The molecule has 3 aromatic rings. The smallest absolute Gasteiger partial charge is 0.342 e. The van der Waals surface area contributed by atoms with E-state index in [1.807, 2.05) is 6.92 Å². The van der Waals surface area contributed by atoms with Gasteiger partial charge in [-0.3, -0.25) is 14.8 Å². The molecule has 0 aliphatic rings. The maximum Gasteiger partial charge on any atom is 0.342 e. The lowest BCUT2D eigenvalue weighted by Gasteiger charge is -2.10. The van der Waals surface area contributed by atoms with E-state index in [1.165, 1.54) is 18.2 Å². The molecule has 0 bridgehead atoms. The second kappa shape index (κ2) is 9.58. The summed E-state index contributed by atoms with van der Waals surface area (Å²) in [5, 5.41) is 11.2. The van der Waals surface area contributed by atoms with E-state index in [0.717, 1.165) is 37.5 Å². The number of esters is 1. The molecule has 0 fully saturated rings. The molecule has 0 unspecified atom stereocenters. The third-order valence-corrected chi connectivity index (χ3v) is 6.58. The predicted molar refractivity (Wildman–Crippen MR) is 120 cm³/mol. The number of halogens is 1. The highest BCUT2D eigenvalue weighted by Gasteiger charge is 2.24. The van der Waals surface area contributed by atoms with Gasteiger partial charge in [0.15, 0.2) is 0 Å². The fourth-order valence-corrected chi connectivity index (χ4v) is 4.72. The van der Waals surface area contributed by atoms with Crippen LogP contribution in [0.4, 0.5) is 11.4 Å². The van der Waals surface area contributed by atoms with Gasteiger partial charge in [-0.1, -0.05) is 31.4 Å². The normalized spacial score (nSPS) is 11.5. The van der Waals surface area contributed by atoms with Crippen molar-refractivity contribution in [1.29, 1.82) is 0 Å². The first-order valence-corrected chi connectivity index (χ1v) is 11.7. The van der Waals surface area contributed by atoms with Crippen molar-refractivity contribution in [1.82, 2.24) is 0 Å². The molecule has 1 N–H and O–H groups in total. The quantitative estimate of drug-likeness (QED) is 0.186. The fourth-order valence-electron chi connectivity index (χ4n) is 3.15. The summed E-state index contributed by atoms with van der Waals surface area (Å²) in [6, 6.07) is 7.54. The summed E-state index contributed by atoms with van der Waals surface area (Å²) in [7, 11) is -4.25. The molecule has 0 amide bonds. The van der Waals surface area contributed by atoms with Crippen LogP contribution in [-0.4, -0.2) is 25.9 Å². The van der Waals surface area contributed by atoms with E-state index >= 15 is 0 Å². The molecule has 0 aliphatic carbocycles. The highest BCUT2D eigenvalue weighted by molar-refractivity contribution is 7.92. The van der Waals surface area contributed by atoms with Crippen molar-refractivity contribution in [2.45, 2.75) is 38.0 Å². The molecule has 0 radical (unpaired) electrons. The minimum atomic E-state index is -4.25. The molecule has 3 rings (SSSR count). The van der Waals surface area contributed by atoms with Crippen molar-refractivity contribution in [2.24, 2.45) is 0 Å². The van der Waals surface area contributed by atoms with Gasteiger partial charge in [0, 0.05) is 23.2 Å². The summed E-state index contributed by atoms with van der Waals surface area (Å²) in [5.41, 5.74) is 0.315. The Morgan fingerprint density at radius 1 is 1.22 bits per heavy atom. The van der Waals surface area contributed by atoms with Crippen LogP contribution >= 0.6 is 11.6 Å². The minimum absolute atomic E-state index is 0.126. The minimum Gasteiger partial charge on any atom is -0.462 e. The average Bonchev–Trinajstić information content (AvgIpc) is 3.05. The van der Waals surface area contributed by atoms with Crippen LogP contribution in [0.1, 0.15) is 42.3 Å². The standard InChI is InChI=1S/C21H21ClN2O7S/c1-3-4-5-10-30-21(25)20-13(2)31-18-9-6-14(11-16(18)20)23-32(28,29)19-12-15(24(26)27)7-8-17(19)22/h6-9,11-12,23H,3-5,10H2,1-2H3. The Morgan fingerprint density at radius 2 is 1.97 bits per heavy atom. The van der Waals surface area contributed by atoms with Crippen molar-refractivity contribution in [3.05, 3.63) is 62.9 Å². The Kier molecular flexibility index (Phi) is 7.05. The third-order valence-electron chi connectivity index (χ3n) is 4.72. The number of furan rings is 1. The molecule has 0 spiro atoms. The number of hydrogen-bond donors (Lipinski definition) is 1. The number of nitro benzene ring substituents is 1. The molecule has 1 aromatic heterocycles. The largest absolute Gasteiger partial charge is 0.462 e. The van der Waals surface area contributed by atoms with Gasteiger partial charge >= 0.3 is 5.97 Å². The number of nitrogens with zero attached hydrogens (tertiary/aromatic N) is 1. The number of carbonyl (C=O) groups excluding carboxylic acids is 1. The van der Waals surface area contributed by atoms with Gasteiger partial charge in [-0.05, 0) is 37.6 Å². The lowest BCUT2D eigenvalue weighted by Crippen LogP contribution is -2.14. The molecule has 2 aromatic carbocycles. The number of ether oxygens (including phenoxy) is 1. The number of benzene rings is 2. The third kappa shape index (κ3) is 5.03. The summed E-state index contributed by atoms with van der Waals surface area (Å²) in [4.78, 5) is 22.4. The van der Waals surface area contributed by atoms with Gasteiger partial charge in [0.05, 0.1) is 16.6 Å². The Hall–Kier alpha value is -3.11. The van der Waals surface area contributed by atoms with Gasteiger partial charge in [0.25, 0.3) is 15.7 Å². The van der Waals surface area contributed by atoms with Crippen molar-refractivity contribution in [3.8, 4) is 0 Å². The summed E-state index contributed by atoms with van der Waals surface area (Å²) in [6.07, 6.45) is 2.67. The summed E-state index contributed by atoms with van der Waals surface area (Å²) >= 11 is 5.97. The van der Waals surface area contributed by atoms with Gasteiger partial charge in [-0.2, -0.15) is 0 Å². The highest BCUT2D eigenvalue weighted by Crippen LogP contribution is 2.31. The molecule has 32 heavy (non-hydrogen) atoms. The number of unbranched alkanes of at least 4 members (excludes halogenated alkanes) is 2. The Morgan fingerprint density at radius 3 is 2.66 bits per heavy atom. The lowest BCUT2D eigenvalue weighted by molar-refractivity contribution is -0.385. The van der Waals surface area contributed by atoms with E-state index in [-0.39, 0.29) is 22.9 Å². The molecule has 0 saturated carbocycles. The number of fused-ring (bicyclic) bond motifs is 1. The number of carbonyl (C=O) groups is 1. The van der Waals surface area contributed by atoms with Crippen molar-refractivity contribution >= 4 is 49.9 Å². The number of nitro groups is 1. The van der Waals surface area contributed by atoms with Crippen molar-refractivity contribution in [3.63, 3.8) is 0 Å². The first-order chi connectivity index (χ1) is 15.1. The second-order valence-electron chi connectivity index (χ2n) is 7.06. The van der Waals surface area contributed by atoms with Crippen LogP contribution in [0.5, 0.6) is 0 Å². The van der Waals surface area contributed by atoms with Gasteiger partial charge in [-0.15, -0.1) is 0 Å². The van der Waals surface area contributed by atoms with Crippen LogP contribution in [0.3, 0.4) is 0 Å². The molecule has 0 saturated heterocycles. The number of rotatable bonds is 9. The number of nitrogens with one attached hydrogen (secondary N) is 1. The van der Waals surface area contributed by atoms with E-state index in [2.05, 4.69) is 4.72 Å². The number of anilines is 1. The van der Waals surface area contributed by atoms with E-state index in [4.69, 9.17) is 20.8 Å². The van der Waals surface area contributed by atoms with E-state index in [9.17, 15) is 23.3 Å². The van der Waals surface area contributed by atoms with Crippen molar-refractivity contribution in [2.75, 3.05) is 11.3 Å². The number of aryl methyl sites for hydroxylation is 1. The summed E-state index contributed by atoms with van der Waals surface area (Å²) in [6.45, 7) is 3.94. The molecule has 9 nitrogen and oxygen atoms in total. The Labute approximate surface area is 189 Å². The molecular formula is C21H21ClN2O7S. The zero-order valence-electron chi connectivity index (χ0n) is 17.4. The van der Waals surface area contributed by atoms with Gasteiger partial charge < -0.3 is 9.15 Å². The number of non-ortho nitro benzene ring substituents is 1. The van der Waals surface area contributed by atoms with Crippen LogP contribution in [0.15, 0.2) is 45.7 Å². The zero-order chi connectivity index (χ0) is 23.5. The Bertz CT molecular complexity index is 1280. The first-order valence-electron chi connectivity index (χ1n) is 9.81. The first kappa shape index (κ1) is 23.6. The van der Waals surface area contributed by atoms with E-state index in [0.29, 0.717) is 16.7 Å². The molecule has 11 heteroatoms. The van der Waals surface area contributed by atoms with Gasteiger partial charge in [0.2, 0.25) is 0 Å².